The summed E-state index contributed by atoms with van der Waals surface area (Å²) in [6.07, 6.45) is -21.2. The van der Waals surface area contributed by atoms with E-state index in [0.717, 1.165) is 0 Å². The first-order valence-electron chi connectivity index (χ1n) is 7.41. The van der Waals surface area contributed by atoms with Gasteiger partial charge in [-0.1, -0.05) is 0 Å². The van der Waals surface area contributed by atoms with Crippen LogP contribution in [0.3, 0.4) is 0 Å². The average Bonchev–Trinajstić information content (AvgIpc) is 2.51. The third-order valence-electron chi connectivity index (χ3n) is 3.91. The normalized spacial score (nSPS) is 16.1. The lowest BCUT2D eigenvalue weighted by atomic mass is 10.2. The van der Waals surface area contributed by atoms with E-state index in [9.17, 15) is 58.2 Å². The summed E-state index contributed by atoms with van der Waals surface area (Å²) in [6, 6.07) is 0. The topological polar surface area (TPSA) is 49.4 Å². The number of carbonyl (C=O) groups excluding carboxylic acids is 1. The SMILES string of the molecule is CC[N+](C)(CC)CC.O=C([O-])C(F)(OC(F)(F)C(F)(F)C(F)(F)F)C(F)(F)F. The van der Waals surface area contributed by atoms with Crippen molar-refractivity contribution in [2.45, 2.75) is 51.0 Å². The minimum atomic E-state index is -7.29. The van der Waals surface area contributed by atoms with E-state index in [-0.39, 0.29) is 0 Å². The molecule has 0 aliphatic rings. The second-order valence-electron chi connectivity index (χ2n) is 5.64. The number of aliphatic carboxylic acids is 1. The summed E-state index contributed by atoms with van der Waals surface area (Å²) < 4.78 is 134. The van der Waals surface area contributed by atoms with Crippen molar-refractivity contribution in [3.05, 3.63) is 0 Å². The van der Waals surface area contributed by atoms with E-state index >= 15 is 0 Å². The number of alkyl halides is 11. The van der Waals surface area contributed by atoms with E-state index in [1.54, 1.807) is 4.74 Å². The van der Waals surface area contributed by atoms with Crippen LogP contribution in [0.25, 0.3) is 0 Å². The molecule has 0 aromatic carbocycles. The number of hydrogen-bond acceptors (Lipinski definition) is 3. The monoisotopic (exact) mass is 445 g/mol. The van der Waals surface area contributed by atoms with Crippen LogP contribution in [0.2, 0.25) is 0 Å². The molecule has 0 aliphatic heterocycles. The van der Waals surface area contributed by atoms with Crippen LogP contribution in [-0.2, 0) is 9.53 Å². The van der Waals surface area contributed by atoms with Gasteiger partial charge in [-0.25, -0.2) is 0 Å². The van der Waals surface area contributed by atoms with Crippen molar-refractivity contribution in [1.82, 2.24) is 0 Å². The first-order valence-corrected chi connectivity index (χ1v) is 7.41. The zero-order valence-electron chi connectivity index (χ0n) is 15.0. The molecule has 0 rings (SSSR count). The molecule has 0 spiro atoms. The predicted octanol–water partition coefficient (Wildman–Crippen LogP) is 3.26. The summed E-state index contributed by atoms with van der Waals surface area (Å²) in [6.45, 7) is 10.5. The van der Waals surface area contributed by atoms with Crippen molar-refractivity contribution >= 4 is 5.97 Å². The van der Waals surface area contributed by atoms with Crippen LogP contribution >= 0.6 is 0 Å². The Labute approximate surface area is 152 Å². The fraction of sp³-hybridized carbons (Fsp3) is 0.923. The molecule has 0 saturated heterocycles. The fourth-order valence-corrected chi connectivity index (χ4v) is 1.29. The molecule has 0 N–H and O–H groups in total. The van der Waals surface area contributed by atoms with Crippen LogP contribution in [0.4, 0.5) is 48.3 Å². The summed E-state index contributed by atoms with van der Waals surface area (Å²) in [5, 5.41) is 9.73. The molecule has 0 aliphatic carbocycles. The maximum absolute atomic E-state index is 12.6. The maximum atomic E-state index is 12.6. The van der Waals surface area contributed by atoms with Gasteiger partial charge in [-0.3, -0.25) is 4.74 Å². The Morgan fingerprint density at radius 3 is 1.25 bits per heavy atom. The Hall–Kier alpha value is -1.38. The first kappa shape index (κ1) is 28.8. The van der Waals surface area contributed by atoms with Crippen LogP contribution in [0.15, 0.2) is 0 Å². The number of hydrogen-bond donors (Lipinski definition) is 0. The molecular formula is C13H18F11NO3. The molecule has 0 radical (unpaired) electrons. The highest BCUT2D eigenvalue weighted by atomic mass is 19.4. The quantitative estimate of drug-likeness (QED) is 0.447. The zero-order valence-corrected chi connectivity index (χ0v) is 15.0. The average molecular weight is 445 g/mol. The minimum Gasteiger partial charge on any atom is -0.544 e. The highest BCUT2D eigenvalue weighted by Crippen LogP contribution is 2.50. The van der Waals surface area contributed by atoms with Crippen LogP contribution in [0.5, 0.6) is 0 Å². The lowest BCUT2D eigenvalue weighted by Gasteiger charge is -2.35. The third kappa shape index (κ3) is 6.32. The van der Waals surface area contributed by atoms with E-state index in [0.29, 0.717) is 0 Å². The van der Waals surface area contributed by atoms with Crippen LogP contribution in [0.1, 0.15) is 20.8 Å². The largest absolute Gasteiger partial charge is 0.544 e. The van der Waals surface area contributed by atoms with Crippen molar-refractivity contribution in [3.63, 3.8) is 0 Å². The number of nitrogens with zero attached hydrogens (tertiary/aromatic N) is 1. The molecular weight excluding hydrogens is 427 g/mol. The first-order chi connectivity index (χ1) is 12.1. The Morgan fingerprint density at radius 1 is 0.786 bits per heavy atom. The smallest absolute Gasteiger partial charge is 0.462 e. The lowest BCUT2D eigenvalue weighted by molar-refractivity contribution is -0.904. The van der Waals surface area contributed by atoms with E-state index < -0.39 is 36.2 Å². The summed E-state index contributed by atoms with van der Waals surface area (Å²) >= 11 is 0. The molecule has 15 heteroatoms. The van der Waals surface area contributed by atoms with Gasteiger partial charge >= 0.3 is 30.2 Å². The molecule has 0 aromatic rings. The lowest BCUT2D eigenvalue weighted by Crippen LogP contribution is -2.64. The van der Waals surface area contributed by atoms with Gasteiger partial charge in [-0.15, -0.1) is 0 Å². The molecule has 0 saturated carbocycles. The van der Waals surface area contributed by atoms with Gasteiger partial charge in [0.25, 0.3) is 0 Å². The molecule has 170 valence electrons. The van der Waals surface area contributed by atoms with Gasteiger partial charge in [-0.2, -0.15) is 48.3 Å². The number of carbonyl (C=O) groups is 1. The van der Waals surface area contributed by atoms with E-state index in [4.69, 9.17) is 0 Å². The van der Waals surface area contributed by atoms with Crippen molar-refractivity contribution in [2.75, 3.05) is 26.7 Å². The number of ether oxygens (including phenoxy) is 1. The standard InChI is InChI=1S/C7H18N.C6HF11O3/c1-5-8(4,6-2)7-3;7-2(1(18)19,4(10,11)12)20-6(16,17)3(8,9)5(13,14)15/h5-7H2,1-4H3;(H,18,19)/q+1;/p-1. The van der Waals surface area contributed by atoms with Gasteiger partial charge in [0.15, 0.2) is 0 Å². The van der Waals surface area contributed by atoms with E-state index in [2.05, 4.69) is 27.8 Å². The Morgan fingerprint density at radius 2 is 1.11 bits per heavy atom. The van der Waals surface area contributed by atoms with Gasteiger partial charge in [-0.05, 0) is 20.8 Å². The molecule has 4 nitrogen and oxygen atoms in total. The number of rotatable bonds is 7. The molecule has 28 heavy (non-hydrogen) atoms. The minimum absolute atomic E-state index is 1.21. The Balaban J connectivity index is 0. The second kappa shape index (κ2) is 8.97. The predicted molar refractivity (Wildman–Crippen MR) is 69.7 cm³/mol. The van der Waals surface area contributed by atoms with E-state index in [1.807, 2.05) is 0 Å². The molecule has 0 aromatic heterocycles. The second-order valence-corrected chi connectivity index (χ2v) is 5.64. The molecule has 0 amide bonds. The number of quaternary nitrogens is 1. The van der Waals surface area contributed by atoms with Gasteiger partial charge in [0, 0.05) is 0 Å². The van der Waals surface area contributed by atoms with Crippen molar-refractivity contribution in [2.24, 2.45) is 0 Å². The summed E-state index contributed by atoms with van der Waals surface area (Å²) in [5.74, 6) is -18.0. The molecule has 0 bridgehead atoms. The Bertz CT molecular complexity index is 507. The van der Waals surface area contributed by atoms with Crippen LogP contribution < -0.4 is 5.11 Å². The fourth-order valence-electron chi connectivity index (χ4n) is 1.29. The van der Waals surface area contributed by atoms with Crippen molar-refractivity contribution < 1.29 is 67.4 Å². The Kier molecular flexibility index (Phi) is 9.23. The molecule has 1 unspecified atom stereocenters. The molecule has 0 fully saturated rings. The van der Waals surface area contributed by atoms with Gasteiger partial charge in [0.05, 0.1) is 26.7 Å². The zero-order chi connectivity index (χ0) is 23.4. The van der Waals surface area contributed by atoms with Crippen LogP contribution in [-0.4, -0.2) is 67.4 Å². The summed E-state index contributed by atoms with van der Waals surface area (Å²) in [5.41, 5.74) is 0. The van der Waals surface area contributed by atoms with Gasteiger partial charge < -0.3 is 14.4 Å². The highest BCUT2D eigenvalue weighted by molar-refractivity contribution is 5.74. The molecule has 1 atom stereocenters. The summed E-state index contributed by atoms with van der Waals surface area (Å²) in [4.78, 5) is 9.73. The van der Waals surface area contributed by atoms with E-state index in [1.165, 1.54) is 24.1 Å². The van der Waals surface area contributed by atoms with Crippen LogP contribution in [0, 0.1) is 0 Å². The summed E-state index contributed by atoms with van der Waals surface area (Å²) in [7, 11) is 2.29. The number of carboxylic acid groups (broad SMARTS) is 1. The van der Waals surface area contributed by atoms with Gasteiger partial charge in [0.1, 0.15) is 5.97 Å². The van der Waals surface area contributed by atoms with Gasteiger partial charge in [0.2, 0.25) is 0 Å². The number of carboxylic acids is 1. The van der Waals surface area contributed by atoms with Crippen molar-refractivity contribution in [3.8, 4) is 0 Å². The maximum Gasteiger partial charge on any atom is 0.462 e. The molecule has 0 heterocycles. The number of halogens is 11. The highest BCUT2D eigenvalue weighted by Gasteiger charge is 2.78. The van der Waals surface area contributed by atoms with Crippen molar-refractivity contribution in [1.29, 1.82) is 0 Å². The third-order valence-corrected chi connectivity index (χ3v) is 3.91.